The summed E-state index contributed by atoms with van der Waals surface area (Å²) in [6.45, 7) is 1.49. The first-order valence-corrected chi connectivity index (χ1v) is 8.39. The molecule has 2 aromatic carbocycles. The van der Waals surface area contributed by atoms with Crippen LogP contribution in [0.4, 0.5) is 10.1 Å². The van der Waals surface area contributed by atoms with E-state index in [-0.39, 0.29) is 16.1 Å². The van der Waals surface area contributed by atoms with Crippen LogP contribution in [-0.2, 0) is 10.0 Å². The molecule has 0 aliphatic carbocycles. The average molecular weight is 355 g/mol. The van der Waals surface area contributed by atoms with Gasteiger partial charge in [-0.3, -0.25) is 4.72 Å². The van der Waals surface area contributed by atoms with Crippen molar-refractivity contribution in [2.75, 3.05) is 26.1 Å². The van der Waals surface area contributed by atoms with Crippen molar-refractivity contribution < 1.29 is 27.0 Å². The first-order valence-electron chi connectivity index (χ1n) is 6.91. The molecular weight excluding hydrogens is 337 g/mol. The van der Waals surface area contributed by atoms with Crippen molar-refractivity contribution in [3.63, 3.8) is 0 Å². The molecule has 0 aliphatic heterocycles. The Balaban J connectivity index is 2.44. The zero-order chi connectivity index (χ0) is 17.9. The lowest BCUT2D eigenvalue weighted by Gasteiger charge is -2.15. The molecule has 2 rings (SSSR count). The van der Waals surface area contributed by atoms with E-state index in [1.54, 1.807) is 0 Å². The third-order valence-corrected chi connectivity index (χ3v) is 4.74. The molecule has 130 valence electrons. The number of rotatable bonds is 6. The molecule has 2 aromatic rings. The Kier molecular flexibility index (Phi) is 5.18. The van der Waals surface area contributed by atoms with Gasteiger partial charge in [-0.05, 0) is 30.7 Å². The van der Waals surface area contributed by atoms with E-state index in [1.807, 2.05) is 0 Å². The van der Waals surface area contributed by atoms with Crippen LogP contribution in [0.2, 0.25) is 0 Å². The molecule has 0 aromatic heterocycles. The summed E-state index contributed by atoms with van der Waals surface area (Å²) in [7, 11) is 0.418. The average Bonchev–Trinajstić information content (AvgIpc) is 2.55. The van der Waals surface area contributed by atoms with Gasteiger partial charge in [-0.2, -0.15) is 0 Å². The van der Waals surface area contributed by atoms with Crippen molar-refractivity contribution in [2.45, 2.75) is 11.8 Å². The number of hydrogen-bond acceptors (Lipinski definition) is 5. The van der Waals surface area contributed by atoms with Gasteiger partial charge in [0.2, 0.25) is 5.75 Å². The van der Waals surface area contributed by atoms with Gasteiger partial charge in [0.1, 0.15) is 5.82 Å². The Morgan fingerprint density at radius 3 is 2.00 bits per heavy atom. The van der Waals surface area contributed by atoms with E-state index in [1.165, 1.54) is 52.5 Å². The highest BCUT2D eigenvalue weighted by molar-refractivity contribution is 7.92. The van der Waals surface area contributed by atoms with Gasteiger partial charge in [-0.15, -0.1) is 0 Å². The number of hydrogen-bond donors (Lipinski definition) is 1. The van der Waals surface area contributed by atoms with E-state index >= 15 is 0 Å². The molecule has 0 fully saturated rings. The van der Waals surface area contributed by atoms with Crippen LogP contribution in [0.5, 0.6) is 17.2 Å². The maximum Gasteiger partial charge on any atom is 0.261 e. The standard InChI is InChI=1S/C16H18FNO5S/c1-10-7-12(5-6-13(10)17)24(19,20)18-11-8-14(21-2)16(23-4)15(9-11)22-3/h5-9,18H,1-4H3. The number of sulfonamides is 1. The van der Waals surface area contributed by atoms with E-state index in [2.05, 4.69) is 4.72 Å². The van der Waals surface area contributed by atoms with E-state index in [4.69, 9.17) is 14.2 Å². The van der Waals surface area contributed by atoms with Crippen molar-refractivity contribution >= 4 is 15.7 Å². The molecule has 0 unspecified atom stereocenters. The van der Waals surface area contributed by atoms with Crippen LogP contribution < -0.4 is 18.9 Å². The summed E-state index contributed by atoms with van der Waals surface area (Å²) in [4.78, 5) is -0.0462. The molecule has 0 heterocycles. The second kappa shape index (κ2) is 6.96. The summed E-state index contributed by atoms with van der Waals surface area (Å²) in [5.74, 6) is 0.497. The van der Waals surface area contributed by atoms with Gasteiger partial charge in [-0.1, -0.05) is 0 Å². The minimum atomic E-state index is -3.89. The Labute approximate surface area is 140 Å². The van der Waals surface area contributed by atoms with Crippen molar-refractivity contribution in [1.29, 1.82) is 0 Å². The quantitative estimate of drug-likeness (QED) is 0.862. The summed E-state index contributed by atoms with van der Waals surface area (Å²) >= 11 is 0. The molecule has 0 atom stereocenters. The second-order valence-corrected chi connectivity index (χ2v) is 6.61. The number of benzene rings is 2. The lowest BCUT2D eigenvalue weighted by atomic mass is 10.2. The van der Waals surface area contributed by atoms with Gasteiger partial charge in [-0.25, -0.2) is 12.8 Å². The van der Waals surface area contributed by atoms with E-state index in [0.717, 1.165) is 6.07 Å². The molecule has 0 amide bonds. The Morgan fingerprint density at radius 2 is 1.54 bits per heavy atom. The monoisotopic (exact) mass is 355 g/mol. The summed E-state index contributed by atoms with van der Waals surface area (Å²) in [5.41, 5.74) is 0.467. The molecule has 0 bridgehead atoms. The first-order chi connectivity index (χ1) is 11.3. The van der Waals surface area contributed by atoms with Crippen LogP contribution in [-0.4, -0.2) is 29.7 Å². The molecule has 0 saturated carbocycles. The fraction of sp³-hybridized carbons (Fsp3) is 0.250. The summed E-state index contributed by atoms with van der Waals surface area (Å²) in [5, 5.41) is 0. The smallest absolute Gasteiger partial charge is 0.261 e. The van der Waals surface area contributed by atoms with Crippen molar-refractivity contribution in [2.24, 2.45) is 0 Å². The molecule has 0 saturated heterocycles. The summed E-state index contributed by atoms with van der Waals surface area (Å²) < 4.78 is 56.3. The number of anilines is 1. The van der Waals surface area contributed by atoms with E-state index in [0.29, 0.717) is 17.2 Å². The Bertz CT molecular complexity index is 827. The van der Waals surface area contributed by atoms with E-state index in [9.17, 15) is 12.8 Å². The topological polar surface area (TPSA) is 73.9 Å². The number of aryl methyl sites for hydroxylation is 1. The van der Waals surface area contributed by atoms with Gasteiger partial charge in [0.05, 0.1) is 31.9 Å². The third-order valence-electron chi connectivity index (χ3n) is 3.36. The normalized spacial score (nSPS) is 11.0. The van der Waals surface area contributed by atoms with Crippen molar-refractivity contribution in [3.05, 3.63) is 41.7 Å². The number of nitrogens with one attached hydrogen (secondary N) is 1. The molecular formula is C16H18FNO5S. The van der Waals surface area contributed by atoms with Crippen LogP contribution >= 0.6 is 0 Å². The molecule has 1 N–H and O–H groups in total. The lowest BCUT2D eigenvalue weighted by molar-refractivity contribution is 0.325. The maximum absolute atomic E-state index is 13.3. The highest BCUT2D eigenvalue weighted by Gasteiger charge is 2.19. The van der Waals surface area contributed by atoms with Gasteiger partial charge in [0.25, 0.3) is 10.0 Å². The van der Waals surface area contributed by atoms with E-state index < -0.39 is 15.8 Å². The fourth-order valence-corrected chi connectivity index (χ4v) is 3.26. The minimum Gasteiger partial charge on any atom is -0.493 e. The van der Waals surface area contributed by atoms with Crippen LogP contribution in [0.25, 0.3) is 0 Å². The lowest BCUT2D eigenvalue weighted by Crippen LogP contribution is -2.13. The van der Waals surface area contributed by atoms with Crippen LogP contribution in [0.15, 0.2) is 35.2 Å². The number of methoxy groups -OCH3 is 3. The van der Waals surface area contributed by atoms with Crippen LogP contribution in [0.3, 0.4) is 0 Å². The zero-order valence-corrected chi connectivity index (χ0v) is 14.5. The molecule has 8 heteroatoms. The fourth-order valence-electron chi connectivity index (χ4n) is 2.14. The molecule has 0 aliphatic rings. The first kappa shape index (κ1) is 17.9. The van der Waals surface area contributed by atoms with Crippen molar-refractivity contribution in [1.82, 2.24) is 0 Å². The highest BCUT2D eigenvalue weighted by atomic mass is 32.2. The molecule has 0 spiro atoms. The zero-order valence-electron chi connectivity index (χ0n) is 13.7. The van der Waals surface area contributed by atoms with Crippen LogP contribution in [0.1, 0.15) is 5.56 Å². The van der Waals surface area contributed by atoms with Gasteiger partial charge >= 0.3 is 0 Å². The number of halogens is 1. The van der Waals surface area contributed by atoms with Crippen molar-refractivity contribution in [3.8, 4) is 17.2 Å². The predicted octanol–water partition coefficient (Wildman–Crippen LogP) is 2.96. The van der Waals surface area contributed by atoms with Gasteiger partial charge in [0, 0.05) is 12.1 Å². The summed E-state index contributed by atoms with van der Waals surface area (Å²) in [6, 6.07) is 6.50. The largest absolute Gasteiger partial charge is 0.493 e. The maximum atomic E-state index is 13.3. The SMILES string of the molecule is COc1cc(NS(=O)(=O)c2ccc(F)c(C)c2)cc(OC)c1OC. The van der Waals surface area contributed by atoms with Gasteiger partial charge < -0.3 is 14.2 Å². The highest BCUT2D eigenvalue weighted by Crippen LogP contribution is 2.40. The predicted molar refractivity (Wildman–Crippen MR) is 88.0 cm³/mol. The summed E-state index contributed by atoms with van der Waals surface area (Å²) in [6.07, 6.45) is 0. The number of ether oxygens (including phenoxy) is 3. The minimum absolute atomic E-state index is 0.0462. The van der Waals surface area contributed by atoms with Crippen LogP contribution in [0, 0.1) is 12.7 Å². The Hall–Kier alpha value is -2.48. The molecule has 6 nitrogen and oxygen atoms in total. The Morgan fingerprint density at radius 1 is 0.958 bits per heavy atom. The molecule has 24 heavy (non-hydrogen) atoms. The van der Waals surface area contributed by atoms with Gasteiger partial charge in [0.15, 0.2) is 11.5 Å². The molecule has 0 radical (unpaired) electrons. The second-order valence-electron chi connectivity index (χ2n) is 4.93. The third kappa shape index (κ3) is 3.53.